The molecule has 0 radical (unpaired) electrons. The molecule has 0 aliphatic carbocycles. The molecule has 0 atom stereocenters. The van der Waals surface area contributed by atoms with Gasteiger partial charge in [0.25, 0.3) is 0 Å². The van der Waals surface area contributed by atoms with E-state index in [4.69, 9.17) is 0 Å². The quantitative estimate of drug-likeness (QED) is 0.346. The highest BCUT2D eigenvalue weighted by atomic mass is 79.9. The Morgan fingerprint density at radius 3 is 1.78 bits per heavy atom. The highest BCUT2D eigenvalue weighted by molar-refractivity contribution is 9.15. The van der Waals surface area contributed by atoms with E-state index < -0.39 is 0 Å². The number of benzene rings is 3. The predicted molar refractivity (Wildman–Crippen MR) is 106 cm³/mol. The zero-order valence-electron chi connectivity index (χ0n) is 12.9. The van der Waals surface area contributed by atoms with Crippen LogP contribution in [0.15, 0.2) is 89.8 Å². The van der Waals surface area contributed by atoms with Gasteiger partial charge in [-0.3, -0.25) is 0 Å². The Balaban J connectivity index is 2.05. The van der Waals surface area contributed by atoms with E-state index in [1.54, 1.807) is 11.8 Å². The van der Waals surface area contributed by atoms with Gasteiger partial charge in [0, 0.05) is 14.3 Å². The van der Waals surface area contributed by atoms with Crippen molar-refractivity contribution in [3.8, 4) is 0 Å². The van der Waals surface area contributed by atoms with Crippen molar-refractivity contribution in [2.45, 2.75) is 11.8 Å². The van der Waals surface area contributed by atoms with E-state index in [2.05, 4.69) is 95.7 Å². The lowest BCUT2D eigenvalue weighted by Gasteiger charge is -2.12. The molecule has 3 rings (SSSR count). The molecule has 0 aliphatic rings. The molecule has 0 fully saturated rings. The largest absolute Gasteiger partial charge is 0.0883 e. The van der Waals surface area contributed by atoms with Crippen molar-refractivity contribution in [1.29, 1.82) is 0 Å². The number of aryl methyl sites for hydroxylation is 1. The van der Waals surface area contributed by atoms with Gasteiger partial charge in [-0.1, -0.05) is 90.1 Å². The summed E-state index contributed by atoms with van der Waals surface area (Å²) in [6, 6.07) is 29.6. The third-order valence-corrected chi connectivity index (χ3v) is 5.77. The minimum absolute atomic E-state index is 1.12. The number of hydrogen-bond acceptors (Lipinski definition) is 1. The van der Waals surface area contributed by atoms with Crippen LogP contribution in [-0.2, 0) is 0 Å². The summed E-state index contributed by atoms with van der Waals surface area (Å²) >= 11 is 5.61. The van der Waals surface area contributed by atoms with Gasteiger partial charge in [-0.2, -0.15) is 0 Å². The first-order valence-electron chi connectivity index (χ1n) is 7.49. The van der Waals surface area contributed by atoms with Gasteiger partial charge >= 0.3 is 0 Å². The van der Waals surface area contributed by atoms with Crippen LogP contribution >= 0.6 is 27.7 Å². The Morgan fingerprint density at radius 1 is 0.696 bits per heavy atom. The number of thioether (sulfide) groups is 1. The lowest BCUT2D eigenvalue weighted by atomic mass is 10.1. The molecule has 0 nitrogen and oxygen atoms in total. The van der Waals surface area contributed by atoms with Gasteiger partial charge in [0.2, 0.25) is 0 Å². The molecule has 0 spiro atoms. The smallest absolute Gasteiger partial charge is 0.0393 e. The molecule has 0 heterocycles. The molecule has 3 aromatic rings. The topological polar surface area (TPSA) is 0 Å². The second-order valence-electron chi connectivity index (χ2n) is 5.29. The average Bonchev–Trinajstić information content (AvgIpc) is 2.62. The standard InChI is InChI=1S/C21H17BrS/c1-16-12-14-19(15-13-16)23-21(18-10-6-3-7-11-18)20(22)17-8-4-2-5-9-17/h2-15H,1H3/b21-20+. The molecule has 114 valence electrons. The second-order valence-corrected chi connectivity index (χ2v) is 7.17. The molecule has 0 amide bonds. The van der Waals surface area contributed by atoms with Gasteiger partial charge in [0.05, 0.1) is 0 Å². The highest BCUT2D eigenvalue weighted by Crippen LogP contribution is 2.42. The maximum absolute atomic E-state index is 3.82. The van der Waals surface area contributed by atoms with Crippen LogP contribution in [0.5, 0.6) is 0 Å². The number of halogens is 1. The van der Waals surface area contributed by atoms with Gasteiger partial charge < -0.3 is 0 Å². The Morgan fingerprint density at radius 2 is 1.22 bits per heavy atom. The van der Waals surface area contributed by atoms with Gasteiger partial charge in [-0.05, 0) is 46.1 Å². The molecule has 0 aromatic heterocycles. The molecule has 0 bridgehead atoms. The van der Waals surface area contributed by atoms with Crippen molar-refractivity contribution in [2.24, 2.45) is 0 Å². The number of hydrogen-bond donors (Lipinski definition) is 0. The predicted octanol–water partition coefficient (Wildman–Crippen LogP) is 7.01. The lowest BCUT2D eigenvalue weighted by molar-refractivity contribution is 1.38. The summed E-state index contributed by atoms with van der Waals surface area (Å²) < 4.78 is 1.12. The molecule has 0 aliphatic heterocycles. The zero-order chi connectivity index (χ0) is 16.1. The normalized spacial score (nSPS) is 11.9. The summed E-state index contributed by atoms with van der Waals surface area (Å²) in [5.74, 6) is 0. The van der Waals surface area contributed by atoms with Crippen LogP contribution in [-0.4, -0.2) is 0 Å². The molecule has 0 unspecified atom stereocenters. The van der Waals surface area contributed by atoms with Crippen molar-refractivity contribution >= 4 is 37.1 Å². The minimum atomic E-state index is 1.12. The molecular weight excluding hydrogens is 364 g/mol. The maximum atomic E-state index is 3.82. The Bertz CT molecular complexity index is 790. The lowest BCUT2D eigenvalue weighted by Crippen LogP contribution is -1.85. The summed E-state index contributed by atoms with van der Waals surface area (Å²) in [7, 11) is 0. The van der Waals surface area contributed by atoms with Gasteiger partial charge in [-0.15, -0.1) is 0 Å². The summed E-state index contributed by atoms with van der Waals surface area (Å²) in [6.07, 6.45) is 0. The zero-order valence-corrected chi connectivity index (χ0v) is 15.3. The van der Waals surface area contributed by atoms with Crippen molar-refractivity contribution < 1.29 is 0 Å². The van der Waals surface area contributed by atoms with Gasteiger partial charge in [0.15, 0.2) is 0 Å². The van der Waals surface area contributed by atoms with Crippen molar-refractivity contribution in [1.82, 2.24) is 0 Å². The first-order chi connectivity index (χ1) is 11.2. The maximum Gasteiger partial charge on any atom is 0.0393 e. The van der Waals surface area contributed by atoms with E-state index in [0.29, 0.717) is 0 Å². The summed E-state index contributed by atoms with van der Waals surface area (Å²) in [5.41, 5.74) is 3.68. The first kappa shape index (κ1) is 16.1. The Labute approximate surface area is 150 Å². The van der Waals surface area contributed by atoms with E-state index >= 15 is 0 Å². The summed E-state index contributed by atoms with van der Waals surface area (Å²) in [4.78, 5) is 2.46. The molecule has 2 heteroatoms. The van der Waals surface area contributed by atoms with Crippen LogP contribution in [0.2, 0.25) is 0 Å². The van der Waals surface area contributed by atoms with Crippen molar-refractivity contribution in [3.63, 3.8) is 0 Å². The van der Waals surface area contributed by atoms with Crippen LogP contribution in [0.4, 0.5) is 0 Å². The van der Waals surface area contributed by atoms with Crippen LogP contribution in [0.3, 0.4) is 0 Å². The van der Waals surface area contributed by atoms with E-state index in [1.165, 1.54) is 26.5 Å². The van der Waals surface area contributed by atoms with Gasteiger partial charge in [-0.25, -0.2) is 0 Å². The molecular formula is C21H17BrS. The number of rotatable bonds is 4. The van der Waals surface area contributed by atoms with Crippen LogP contribution < -0.4 is 0 Å². The average molecular weight is 381 g/mol. The van der Waals surface area contributed by atoms with E-state index in [0.717, 1.165) is 4.48 Å². The second kappa shape index (κ2) is 7.67. The molecule has 23 heavy (non-hydrogen) atoms. The van der Waals surface area contributed by atoms with Gasteiger partial charge in [0.1, 0.15) is 0 Å². The highest BCUT2D eigenvalue weighted by Gasteiger charge is 2.11. The van der Waals surface area contributed by atoms with Crippen LogP contribution in [0.25, 0.3) is 9.39 Å². The van der Waals surface area contributed by atoms with E-state index in [-0.39, 0.29) is 0 Å². The van der Waals surface area contributed by atoms with Crippen LogP contribution in [0.1, 0.15) is 16.7 Å². The fourth-order valence-electron chi connectivity index (χ4n) is 2.26. The SMILES string of the molecule is Cc1ccc(S/C(=C(/Br)c2ccccc2)c2ccccc2)cc1. The molecule has 0 saturated carbocycles. The minimum Gasteiger partial charge on any atom is -0.0883 e. The molecule has 3 aromatic carbocycles. The van der Waals surface area contributed by atoms with Crippen molar-refractivity contribution in [3.05, 3.63) is 102 Å². The van der Waals surface area contributed by atoms with E-state index in [1.807, 2.05) is 12.1 Å². The monoisotopic (exact) mass is 380 g/mol. The molecule has 0 N–H and O–H groups in total. The summed E-state index contributed by atoms with van der Waals surface area (Å²) in [5, 5.41) is 0. The van der Waals surface area contributed by atoms with Crippen LogP contribution in [0, 0.1) is 6.92 Å². The third-order valence-electron chi connectivity index (χ3n) is 3.50. The third kappa shape index (κ3) is 4.15. The van der Waals surface area contributed by atoms with Crippen molar-refractivity contribution in [2.75, 3.05) is 0 Å². The summed E-state index contributed by atoms with van der Waals surface area (Å²) in [6.45, 7) is 2.11. The Hall–Kier alpha value is -1.77. The Kier molecular flexibility index (Phi) is 5.37. The molecule has 0 saturated heterocycles. The fourth-order valence-corrected chi connectivity index (χ4v) is 3.97. The van der Waals surface area contributed by atoms with E-state index in [9.17, 15) is 0 Å². The fraction of sp³-hybridized carbons (Fsp3) is 0.0476. The first-order valence-corrected chi connectivity index (χ1v) is 9.10.